The lowest BCUT2D eigenvalue weighted by atomic mass is 10.2. The van der Waals surface area contributed by atoms with Crippen LogP contribution in [0.3, 0.4) is 0 Å². The zero-order valence-electron chi connectivity index (χ0n) is 11.2. The Labute approximate surface area is 119 Å². The molecule has 0 radical (unpaired) electrons. The van der Waals surface area contributed by atoms with Crippen molar-refractivity contribution in [2.75, 3.05) is 11.5 Å². The van der Waals surface area contributed by atoms with Crippen molar-refractivity contribution in [2.24, 2.45) is 0 Å². The number of esters is 1. The predicted molar refractivity (Wildman–Crippen MR) is 85.4 cm³/mol. The van der Waals surface area contributed by atoms with Crippen LogP contribution >= 0.6 is 11.8 Å². The molecule has 0 rings (SSSR count). The fourth-order valence-electron chi connectivity index (χ4n) is 1.21. The van der Waals surface area contributed by atoms with Gasteiger partial charge in [0.25, 0.3) is 0 Å². The summed E-state index contributed by atoms with van der Waals surface area (Å²) in [6, 6.07) is 0. The Balaban J connectivity index is -0.00000112. The second kappa shape index (κ2) is 13.3. The summed E-state index contributed by atoms with van der Waals surface area (Å²) in [5.74, 6) is 2.36. The maximum Gasteiger partial charge on any atom is 0.306 e. The molecule has 0 fully saturated rings. The first-order valence-corrected chi connectivity index (χ1v) is 7.41. The number of hydrogen-bond acceptors (Lipinski definition) is 3. The molecule has 0 bridgehead atoms. The van der Waals surface area contributed by atoms with Crippen LogP contribution in [-0.4, -0.2) is 23.1 Å². The first-order valence-electron chi connectivity index (χ1n) is 6.25. The van der Waals surface area contributed by atoms with Gasteiger partial charge in [-0.1, -0.05) is 28.2 Å². The number of thioether (sulfide) groups is 1. The van der Waals surface area contributed by atoms with Crippen LogP contribution in [0.15, 0.2) is 0 Å². The molecule has 0 aliphatic carbocycles. The molecule has 0 aliphatic rings. The smallest absolute Gasteiger partial charge is 0.306 e. The minimum absolute atomic E-state index is 0. The van der Waals surface area contributed by atoms with Crippen LogP contribution in [0.2, 0.25) is 0 Å². The molecule has 0 aliphatic heterocycles. The first kappa shape index (κ1) is 23.0. The molecule has 0 saturated carbocycles. The van der Waals surface area contributed by atoms with Crippen LogP contribution in [0.5, 0.6) is 0 Å². The van der Waals surface area contributed by atoms with Crippen LogP contribution in [0, 0.1) is 0 Å². The molecule has 0 saturated heterocycles. The van der Waals surface area contributed by atoms with E-state index in [2.05, 4.69) is 6.92 Å². The highest BCUT2D eigenvalue weighted by Crippen LogP contribution is 2.12. The van der Waals surface area contributed by atoms with Crippen molar-refractivity contribution < 1.29 is 9.53 Å². The van der Waals surface area contributed by atoms with E-state index in [1.54, 1.807) is 0 Å². The third-order valence-corrected chi connectivity index (χ3v) is 3.14. The van der Waals surface area contributed by atoms with Gasteiger partial charge in [0.05, 0.1) is 0 Å². The van der Waals surface area contributed by atoms with Crippen molar-refractivity contribution in [1.29, 1.82) is 0 Å². The summed E-state index contributed by atoms with van der Waals surface area (Å²) in [6.07, 6.45) is 5.20. The molecule has 0 N–H and O–H groups in total. The summed E-state index contributed by atoms with van der Waals surface area (Å²) in [5, 5.41) is 0. The van der Waals surface area contributed by atoms with Crippen LogP contribution in [-0.2, 0) is 9.53 Å². The normalized spacial score (nSPS) is 10.2. The maximum absolute atomic E-state index is 11.4. The molecule has 3 heteroatoms. The van der Waals surface area contributed by atoms with Gasteiger partial charge in [0.15, 0.2) is 0 Å². The van der Waals surface area contributed by atoms with Gasteiger partial charge in [0, 0.05) is 6.42 Å². The van der Waals surface area contributed by atoms with E-state index in [1.165, 1.54) is 24.3 Å². The van der Waals surface area contributed by atoms with Crippen molar-refractivity contribution in [3.05, 3.63) is 0 Å². The second-order valence-electron chi connectivity index (χ2n) is 5.01. The quantitative estimate of drug-likeness (QED) is 0.445. The van der Waals surface area contributed by atoms with Crippen LogP contribution in [0.1, 0.15) is 74.7 Å². The fourth-order valence-corrected chi connectivity index (χ4v) is 2.32. The van der Waals surface area contributed by atoms with E-state index in [0.717, 1.165) is 12.8 Å². The molecular weight excluding hydrogens is 244 g/mol. The number of rotatable bonds is 8. The summed E-state index contributed by atoms with van der Waals surface area (Å²) < 4.78 is 5.24. The molecule has 0 unspecified atom stereocenters. The lowest BCUT2D eigenvalue weighted by Crippen LogP contribution is -2.23. The molecular formula is C15H34O2S. The summed E-state index contributed by atoms with van der Waals surface area (Å²) in [4.78, 5) is 11.4. The lowest BCUT2D eigenvalue weighted by molar-refractivity contribution is -0.154. The van der Waals surface area contributed by atoms with Crippen LogP contribution < -0.4 is 0 Å². The molecule has 0 aromatic rings. The molecule has 0 atom stereocenters. The number of unbranched alkanes of at least 4 members (excludes halogenated alkanes) is 2. The Morgan fingerprint density at radius 3 is 2.11 bits per heavy atom. The zero-order chi connectivity index (χ0) is 12.4. The molecule has 0 amide bonds. The van der Waals surface area contributed by atoms with Gasteiger partial charge in [-0.05, 0) is 51.5 Å². The highest BCUT2D eigenvalue weighted by Gasteiger charge is 2.15. The number of ether oxygens (including phenoxy) is 1. The van der Waals surface area contributed by atoms with Gasteiger partial charge < -0.3 is 4.74 Å². The molecule has 112 valence electrons. The maximum atomic E-state index is 11.4. The van der Waals surface area contributed by atoms with Crippen LogP contribution in [0.4, 0.5) is 0 Å². The summed E-state index contributed by atoms with van der Waals surface area (Å²) in [6.45, 7) is 7.94. The average Bonchev–Trinajstić information content (AvgIpc) is 2.13. The molecule has 2 nitrogen and oxygen atoms in total. The van der Waals surface area contributed by atoms with Crippen LogP contribution in [0.25, 0.3) is 0 Å². The molecule has 0 aromatic carbocycles. The fraction of sp³-hybridized carbons (Fsp3) is 0.933. The Bertz CT molecular complexity index is 185. The van der Waals surface area contributed by atoms with Gasteiger partial charge >= 0.3 is 5.97 Å². The predicted octanol–water partition coefficient (Wildman–Crippen LogP) is 5.30. The Morgan fingerprint density at radius 1 is 1.06 bits per heavy atom. The first-order chi connectivity index (χ1) is 7.45. The highest BCUT2D eigenvalue weighted by atomic mass is 32.2. The Kier molecular flexibility index (Phi) is 16.9. The van der Waals surface area contributed by atoms with Gasteiger partial charge in [-0.15, -0.1) is 0 Å². The van der Waals surface area contributed by atoms with E-state index in [9.17, 15) is 4.79 Å². The number of carbonyl (C=O) groups excluding carboxylic acids is 1. The summed E-state index contributed by atoms with van der Waals surface area (Å²) >= 11 is 1.99. The standard InChI is InChI=1S/C13H26O2S.2CH4/c1-5-6-10-16-11-8-7-9-12(14)15-13(2,3)4;;/h5-11H2,1-4H3;2*1H4. The minimum Gasteiger partial charge on any atom is -0.460 e. The summed E-state index contributed by atoms with van der Waals surface area (Å²) in [7, 11) is 0. The van der Waals surface area contributed by atoms with Crippen molar-refractivity contribution in [1.82, 2.24) is 0 Å². The van der Waals surface area contributed by atoms with E-state index >= 15 is 0 Å². The van der Waals surface area contributed by atoms with Crippen molar-refractivity contribution in [2.45, 2.75) is 80.3 Å². The summed E-state index contributed by atoms with van der Waals surface area (Å²) in [5.41, 5.74) is -0.340. The van der Waals surface area contributed by atoms with Gasteiger partial charge in [0.1, 0.15) is 5.60 Å². The third-order valence-electron chi connectivity index (χ3n) is 1.98. The highest BCUT2D eigenvalue weighted by molar-refractivity contribution is 7.99. The largest absolute Gasteiger partial charge is 0.460 e. The van der Waals surface area contributed by atoms with Gasteiger partial charge in [-0.2, -0.15) is 11.8 Å². The van der Waals surface area contributed by atoms with E-state index in [1.807, 2.05) is 32.5 Å². The van der Waals surface area contributed by atoms with Gasteiger partial charge in [-0.25, -0.2) is 0 Å². The molecule has 0 heterocycles. The molecule has 0 spiro atoms. The average molecular weight is 279 g/mol. The van der Waals surface area contributed by atoms with E-state index in [0.29, 0.717) is 6.42 Å². The zero-order valence-corrected chi connectivity index (χ0v) is 12.0. The van der Waals surface area contributed by atoms with Gasteiger partial charge in [-0.3, -0.25) is 4.79 Å². The Morgan fingerprint density at radius 2 is 1.61 bits per heavy atom. The SMILES string of the molecule is C.C.CCCCSCCCCC(=O)OC(C)(C)C. The van der Waals surface area contributed by atoms with Gasteiger partial charge in [0.2, 0.25) is 0 Å². The third kappa shape index (κ3) is 18.2. The van der Waals surface area contributed by atoms with E-state index < -0.39 is 0 Å². The van der Waals surface area contributed by atoms with E-state index in [4.69, 9.17) is 4.74 Å². The number of carbonyl (C=O) groups is 1. The number of hydrogen-bond donors (Lipinski definition) is 0. The minimum atomic E-state index is -0.340. The monoisotopic (exact) mass is 278 g/mol. The van der Waals surface area contributed by atoms with Crippen molar-refractivity contribution in [3.8, 4) is 0 Å². The van der Waals surface area contributed by atoms with Crippen molar-refractivity contribution in [3.63, 3.8) is 0 Å². The topological polar surface area (TPSA) is 26.3 Å². The molecule has 18 heavy (non-hydrogen) atoms. The lowest BCUT2D eigenvalue weighted by Gasteiger charge is -2.19. The Hall–Kier alpha value is -0.180. The van der Waals surface area contributed by atoms with E-state index in [-0.39, 0.29) is 26.4 Å². The molecule has 0 aromatic heterocycles. The second-order valence-corrected chi connectivity index (χ2v) is 6.23. The van der Waals surface area contributed by atoms with Crippen molar-refractivity contribution >= 4 is 17.7 Å².